The zero-order valence-corrected chi connectivity index (χ0v) is 13.6. The average Bonchev–Trinajstić information content (AvgIpc) is 2.59. The van der Waals surface area contributed by atoms with Gasteiger partial charge in [0, 0.05) is 12.1 Å². The number of carbonyl (C=O) groups excluding carboxylic acids is 2. The van der Waals surface area contributed by atoms with Crippen molar-refractivity contribution in [3.05, 3.63) is 64.7 Å². The van der Waals surface area contributed by atoms with Gasteiger partial charge in [0.15, 0.2) is 0 Å². The largest absolute Gasteiger partial charge is 0.496 e. The molecule has 2 rings (SSSR count). The lowest BCUT2D eigenvalue weighted by atomic mass is 10.1. The van der Waals surface area contributed by atoms with Crippen LogP contribution in [0.3, 0.4) is 0 Å². The van der Waals surface area contributed by atoms with E-state index < -0.39 is 11.9 Å². The highest BCUT2D eigenvalue weighted by atomic mass is 35.5. The second-order valence-corrected chi connectivity index (χ2v) is 5.21. The van der Waals surface area contributed by atoms with Gasteiger partial charge in [0.05, 0.1) is 12.7 Å². The van der Waals surface area contributed by atoms with Gasteiger partial charge < -0.3 is 15.4 Å². The topological polar surface area (TPSA) is 67.4 Å². The van der Waals surface area contributed by atoms with Crippen LogP contribution >= 0.6 is 11.6 Å². The van der Waals surface area contributed by atoms with E-state index in [9.17, 15) is 9.59 Å². The summed E-state index contributed by atoms with van der Waals surface area (Å²) in [5.74, 6) is -0.372. The van der Waals surface area contributed by atoms with Crippen LogP contribution in [0.2, 0.25) is 5.02 Å². The first-order valence-electron chi connectivity index (χ1n) is 6.97. The number of ether oxygens (including phenoxy) is 1. The Morgan fingerprint density at radius 3 is 2.43 bits per heavy atom. The molecule has 0 heterocycles. The lowest BCUT2D eigenvalue weighted by Crippen LogP contribution is -2.39. The fourth-order valence-corrected chi connectivity index (χ4v) is 2.33. The lowest BCUT2D eigenvalue weighted by Gasteiger charge is -2.18. The summed E-state index contributed by atoms with van der Waals surface area (Å²) < 4.78 is 5.18. The van der Waals surface area contributed by atoms with Crippen molar-refractivity contribution in [3.8, 4) is 5.75 Å². The molecule has 0 saturated carbocycles. The SMILES string of the molecule is CNC(=O)C(NC(=O)c1cc(Cl)ccc1OC)c1ccccc1. The zero-order valence-electron chi connectivity index (χ0n) is 12.8. The third kappa shape index (κ3) is 4.02. The Hall–Kier alpha value is -2.53. The van der Waals surface area contributed by atoms with Crippen LogP contribution in [-0.2, 0) is 4.79 Å². The van der Waals surface area contributed by atoms with Gasteiger partial charge in [0.1, 0.15) is 11.8 Å². The number of rotatable bonds is 5. The number of benzene rings is 2. The van der Waals surface area contributed by atoms with Gasteiger partial charge >= 0.3 is 0 Å². The van der Waals surface area contributed by atoms with Crippen LogP contribution < -0.4 is 15.4 Å². The minimum absolute atomic E-state index is 0.268. The highest BCUT2D eigenvalue weighted by Gasteiger charge is 2.23. The maximum atomic E-state index is 12.6. The molecule has 0 radical (unpaired) electrons. The summed E-state index contributed by atoms with van der Waals surface area (Å²) in [6.45, 7) is 0. The number of hydrogen-bond acceptors (Lipinski definition) is 3. The standard InChI is InChI=1S/C17H17ClN2O3/c1-19-17(22)15(11-6-4-3-5-7-11)20-16(21)13-10-12(18)8-9-14(13)23-2/h3-10,15H,1-2H3,(H,19,22)(H,20,21). The van der Waals surface area contributed by atoms with Crippen LogP contribution in [0.4, 0.5) is 0 Å². The average molecular weight is 333 g/mol. The van der Waals surface area contributed by atoms with E-state index in [1.165, 1.54) is 20.2 Å². The molecule has 0 aliphatic heterocycles. The molecule has 0 bridgehead atoms. The lowest BCUT2D eigenvalue weighted by molar-refractivity contribution is -0.122. The number of methoxy groups -OCH3 is 1. The zero-order chi connectivity index (χ0) is 16.8. The van der Waals surface area contributed by atoms with Gasteiger partial charge in [0.2, 0.25) is 5.91 Å². The smallest absolute Gasteiger partial charge is 0.256 e. The Kier molecular flexibility index (Phi) is 5.60. The summed E-state index contributed by atoms with van der Waals surface area (Å²) in [5, 5.41) is 5.67. The van der Waals surface area contributed by atoms with Crippen molar-refractivity contribution in [2.75, 3.05) is 14.2 Å². The third-order valence-electron chi connectivity index (χ3n) is 3.32. The highest BCUT2D eigenvalue weighted by molar-refractivity contribution is 6.31. The number of amides is 2. The molecule has 0 aliphatic carbocycles. The third-order valence-corrected chi connectivity index (χ3v) is 3.56. The second-order valence-electron chi connectivity index (χ2n) is 4.78. The molecule has 0 aromatic heterocycles. The summed E-state index contributed by atoms with van der Waals surface area (Å²) in [5.41, 5.74) is 0.950. The first kappa shape index (κ1) is 16.8. The van der Waals surface area contributed by atoms with E-state index in [1.807, 2.05) is 6.07 Å². The molecule has 120 valence electrons. The number of carbonyl (C=O) groups is 2. The van der Waals surface area contributed by atoms with Crippen molar-refractivity contribution < 1.29 is 14.3 Å². The Morgan fingerprint density at radius 2 is 1.83 bits per heavy atom. The van der Waals surface area contributed by atoms with Crippen LogP contribution in [0.25, 0.3) is 0 Å². The Bertz CT molecular complexity index is 704. The van der Waals surface area contributed by atoms with Crippen molar-refractivity contribution in [2.45, 2.75) is 6.04 Å². The van der Waals surface area contributed by atoms with E-state index in [-0.39, 0.29) is 11.5 Å². The molecule has 2 amide bonds. The van der Waals surface area contributed by atoms with E-state index in [4.69, 9.17) is 16.3 Å². The Labute approximate surface area is 139 Å². The maximum absolute atomic E-state index is 12.6. The quantitative estimate of drug-likeness (QED) is 0.884. The van der Waals surface area contributed by atoms with E-state index in [0.717, 1.165) is 0 Å². The first-order valence-corrected chi connectivity index (χ1v) is 7.35. The molecule has 0 spiro atoms. The molecular formula is C17H17ClN2O3. The van der Waals surface area contributed by atoms with Crippen LogP contribution in [0.5, 0.6) is 5.75 Å². The van der Waals surface area contributed by atoms with E-state index >= 15 is 0 Å². The molecule has 2 aromatic carbocycles. The highest BCUT2D eigenvalue weighted by Crippen LogP contribution is 2.23. The molecule has 2 N–H and O–H groups in total. The number of hydrogen-bond donors (Lipinski definition) is 2. The fourth-order valence-electron chi connectivity index (χ4n) is 2.16. The molecule has 1 unspecified atom stereocenters. The molecule has 6 heteroatoms. The monoisotopic (exact) mass is 332 g/mol. The molecule has 0 fully saturated rings. The van der Waals surface area contributed by atoms with Crippen molar-refractivity contribution >= 4 is 23.4 Å². The van der Waals surface area contributed by atoms with Crippen molar-refractivity contribution in [3.63, 3.8) is 0 Å². The minimum Gasteiger partial charge on any atom is -0.496 e. The summed E-state index contributed by atoms with van der Waals surface area (Å²) in [6, 6.07) is 12.9. The first-order chi connectivity index (χ1) is 11.1. The van der Waals surface area contributed by atoms with Gasteiger partial charge in [-0.25, -0.2) is 0 Å². The van der Waals surface area contributed by atoms with Gasteiger partial charge in [0.25, 0.3) is 5.91 Å². The molecule has 2 aromatic rings. The van der Waals surface area contributed by atoms with Crippen molar-refractivity contribution in [1.29, 1.82) is 0 Å². The van der Waals surface area contributed by atoms with Gasteiger partial charge in [-0.3, -0.25) is 9.59 Å². The molecule has 23 heavy (non-hydrogen) atoms. The van der Waals surface area contributed by atoms with E-state index in [0.29, 0.717) is 16.3 Å². The molecule has 1 atom stereocenters. The van der Waals surface area contributed by atoms with Crippen molar-refractivity contribution in [1.82, 2.24) is 10.6 Å². The molecule has 0 aliphatic rings. The summed E-state index contributed by atoms with van der Waals surface area (Å²) in [4.78, 5) is 24.7. The van der Waals surface area contributed by atoms with E-state index in [2.05, 4.69) is 10.6 Å². The van der Waals surface area contributed by atoms with Gasteiger partial charge in [-0.15, -0.1) is 0 Å². The van der Waals surface area contributed by atoms with Gasteiger partial charge in [-0.1, -0.05) is 41.9 Å². The fraction of sp³-hybridized carbons (Fsp3) is 0.176. The summed E-state index contributed by atoms with van der Waals surface area (Å²) >= 11 is 5.95. The van der Waals surface area contributed by atoms with Gasteiger partial charge in [-0.05, 0) is 23.8 Å². The molecular weight excluding hydrogens is 316 g/mol. The van der Waals surface area contributed by atoms with Gasteiger partial charge in [-0.2, -0.15) is 0 Å². The molecule has 0 saturated heterocycles. The predicted molar refractivity (Wildman–Crippen MR) is 88.7 cm³/mol. The number of likely N-dealkylation sites (N-methyl/N-ethyl adjacent to an activating group) is 1. The van der Waals surface area contributed by atoms with E-state index in [1.54, 1.807) is 36.4 Å². The minimum atomic E-state index is -0.808. The molecule has 5 nitrogen and oxygen atoms in total. The second kappa shape index (κ2) is 7.65. The maximum Gasteiger partial charge on any atom is 0.256 e. The number of nitrogens with one attached hydrogen (secondary N) is 2. The van der Waals surface area contributed by atoms with Crippen LogP contribution in [0.1, 0.15) is 22.0 Å². The predicted octanol–water partition coefficient (Wildman–Crippen LogP) is 2.57. The Balaban J connectivity index is 2.32. The Morgan fingerprint density at radius 1 is 1.13 bits per heavy atom. The summed E-state index contributed by atoms with van der Waals surface area (Å²) in [7, 11) is 2.98. The number of halogens is 1. The van der Waals surface area contributed by atoms with Crippen LogP contribution in [-0.4, -0.2) is 26.0 Å². The summed E-state index contributed by atoms with van der Waals surface area (Å²) in [6.07, 6.45) is 0. The van der Waals surface area contributed by atoms with Crippen LogP contribution in [0.15, 0.2) is 48.5 Å². The van der Waals surface area contributed by atoms with Crippen molar-refractivity contribution in [2.24, 2.45) is 0 Å². The van der Waals surface area contributed by atoms with Crippen LogP contribution in [0, 0.1) is 0 Å². The normalized spacial score (nSPS) is 11.4.